The number of nitrogens with zero attached hydrogens (tertiary/aromatic N) is 3. The lowest BCUT2D eigenvalue weighted by Gasteiger charge is -2.30. The van der Waals surface area contributed by atoms with Crippen LogP contribution in [0, 0.1) is 5.92 Å². The Bertz CT molecular complexity index is 1250. The summed E-state index contributed by atoms with van der Waals surface area (Å²) < 4.78 is 37.7. The number of hydrogen-bond acceptors (Lipinski definition) is 8. The van der Waals surface area contributed by atoms with Gasteiger partial charge in [0, 0.05) is 24.6 Å². The molecule has 1 aliphatic heterocycles. The number of carbonyl (C=O) groups excluding carboxylic acids is 2. The number of esters is 1. The number of nitrogens with one attached hydrogen (secondary N) is 1. The van der Waals surface area contributed by atoms with Gasteiger partial charge in [-0.3, -0.25) is 10.1 Å². The third-order valence-corrected chi connectivity index (χ3v) is 7.37. The molecule has 1 amide bonds. The molecule has 2 aromatic carbocycles. The van der Waals surface area contributed by atoms with Crippen molar-refractivity contribution in [2.24, 2.45) is 5.92 Å². The van der Waals surface area contributed by atoms with E-state index in [0.29, 0.717) is 12.8 Å². The van der Waals surface area contributed by atoms with Gasteiger partial charge in [-0.25, -0.2) is 13.2 Å². The molecular weight excluding hydrogens is 448 g/mol. The van der Waals surface area contributed by atoms with Crippen LogP contribution in [-0.4, -0.2) is 55.0 Å². The molecule has 3 aromatic rings. The van der Waals surface area contributed by atoms with E-state index in [9.17, 15) is 18.0 Å². The molecule has 0 atom stereocenters. The first-order chi connectivity index (χ1) is 15.9. The number of hydrogen-bond donors (Lipinski definition) is 1. The maximum Gasteiger partial charge on any atom is 0.339 e. The summed E-state index contributed by atoms with van der Waals surface area (Å²) in [7, 11) is -2.73. The van der Waals surface area contributed by atoms with E-state index in [4.69, 9.17) is 9.15 Å². The lowest BCUT2D eigenvalue weighted by atomic mass is 9.97. The predicted molar refractivity (Wildman–Crippen MR) is 118 cm³/mol. The first-order valence-corrected chi connectivity index (χ1v) is 11.7. The summed E-state index contributed by atoms with van der Waals surface area (Å²) in [6.07, 6.45) is 0.621. The third kappa shape index (κ3) is 4.78. The Morgan fingerprint density at radius 3 is 2.39 bits per heavy atom. The molecule has 1 aliphatic rings. The lowest BCUT2D eigenvalue weighted by Crippen LogP contribution is -2.41. The lowest BCUT2D eigenvalue weighted by molar-refractivity contribution is -0.121. The highest BCUT2D eigenvalue weighted by atomic mass is 32.2. The van der Waals surface area contributed by atoms with Gasteiger partial charge in [0.1, 0.15) is 0 Å². The van der Waals surface area contributed by atoms with Crippen molar-refractivity contribution >= 4 is 27.9 Å². The Morgan fingerprint density at radius 1 is 1.03 bits per heavy atom. The maximum absolute atomic E-state index is 13.1. The Labute approximate surface area is 190 Å². The van der Waals surface area contributed by atoms with E-state index >= 15 is 0 Å². The zero-order valence-electron chi connectivity index (χ0n) is 17.8. The van der Waals surface area contributed by atoms with Gasteiger partial charge >= 0.3 is 12.0 Å². The zero-order valence-corrected chi connectivity index (χ0v) is 18.6. The van der Waals surface area contributed by atoms with Gasteiger partial charge in [-0.2, -0.15) is 4.31 Å². The van der Waals surface area contributed by atoms with Crippen LogP contribution in [0.5, 0.6) is 0 Å². The van der Waals surface area contributed by atoms with Gasteiger partial charge in [0.05, 0.1) is 17.6 Å². The minimum atomic E-state index is -3.92. The average molecular weight is 471 g/mol. The third-order valence-electron chi connectivity index (χ3n) is 5.41. The van der Waals surface area contributed by atoms with Crippen LogP contribution in [0.3, 0.4) is 0 Å². The molecule has 1 N–H and O–H groups in total. The van der Waals surface area contributed by atoms with Crippen LogP contribution in [0.25, 0.3) is 11.5 Å². The molecule has 1 saturated heterocycles. The van der Waals surface area contributed by atoms with E-state index < -0.39 is 21.9 Å². The van der Waals surface area contributed by atoms with Gasteiger partial charge in [-0.05, 0) is 37.1 Å². The molecular formula is C22H22N4O6S. The molecule has 4 rings (SSSR count). The fraction of sp³-hybridized carbons (Fsp3) is 0.273. The molecule has 10 nitrogen and oxygen atoms in total. The highest BCUT2D eigenvalue weighted by molar-refractivity contribution is 7.89. The average Bonchev–Trinajstić information content (AvgIpc) is 3.32. The predicted octanol–water partition coefficient (Wildman–Crippen LogP) is 2.56. The number of rotatable bonds is 6. The van der Waals surface area contributed by atoms with Crippen LogP contribution in [0.1, 0.15) is 23.2 Å². The molecule has 0 aliphatic carbocycles. The monoisotopic (exact) mass is 470 g/mol. The molecule has 0 spiro atoms. The molecule has 33 heavy (non-hydrogen) atoms. The summed E-state index contributed by atoms with van der Waals surface area (Å²) in [5.74, 6) is -1.17. The van der Waals surface area contributed by atoms with Crippen molar-refractivity contribution < 1.29 is 27.2 Å². The van der Waals surface area contributed by atoms with Crippen molar-refractivity contribution in [3.8, 4) is 11.5 Å². The second kappa shape index (κ2) is 9.51. The van der Waals surface area contributed by atoms with Crippen molar-refractivity contribution in [2.75, 3.05) is 25.5 Å². The number of sulfonamides is 1. The molecule has 0 radical (unpaired) electrons. The number of amides is 1. The number of benzene rings is 2. The van der Waals surface area contributed by atoms with Gasteiger partial charge in [-0.15, -0.1) is 5.10 Å². The van der Waals surface area contributed by atoms with E-state index in [-0.39, 0.29) is 41.4 Å². The standard InChI is InChI=1S/C22H22N4O6S/c1-31-21(28)17-9-5-6-10-18(17)33(29,30)26-13-11-15(12-14-26)19(27)23-22-25-24-20(32-22)16-7-3-2-4-8-16/h2-10,15H,11-14H2,1H3,(H,23,25,27). The van der Waals surface area contributed by atoms with Gasteiger partial charge in [0.25, 0.3) is 0 Å². The van der Waals surface area contributed by atoms with Gasteiger partial charge in [-0.1, -0.05) is 35.4 Å². The summed E-state index contributed by atoms with van der Waals surface area (Å²) >= 11 is 0. The number of carbonyl (C=O) groups is 2. The van der Waals surface area contributed by atoms with Crippen LogP contribution in [0.15, 0.2) is 63.9 Å². The smallest absolute Gasteiger partial charge is 0.339 e. The van der Waals surface area contributed by atoms with Crippen molar-refractivity contribution in [1.29, 1.82) is 0 Å². The fourth-order valence-corrected chi connectivity index (χ4v) is 5.30. The summed E-state index contributed by atoms with van der Waals surface area (Å²) in [6, 6.07) is 15.1. The van der Waals surface area contributed by atoms with Crippen molar-refractivity contribution in [1.82, 2.24) is 14.5 Å². The Hall–Kier alpha value is -3.57. The highest BCUT2D eigenvalue weighted by Crippen LogP contribution is 2.27. The number of aromatic nitrogens is 2. The molecule has 1 fully saturated rings. The van der Waals surface area contributed by atoms with Crippen LogP contribution in [0.2, 0.25) is 0 Å². The summed E-state index contributed by atoms with van der Waals surface area (Å²) in [4.78, 5) is 24.5. The minimum absolute atomic E-state index is 0.0130. The van der Waals surface area contributed by atoms with Crippen LogP contribution < -0.4 is 5.32 Å². The quantitative estimate of drug-likeness (QED) is 0.544. The van der Waals surface area contributed by atoms with Crippen molar-refractivity contribution in [2.45, 2.75) is 17.7 Å². The summed E-state index contributed by atoms with van der Waals surface area (Å²) in [5.41, 5.74) is 0.710. The maximum atomic E-state index is 13.1. The van der Waals surface area contributed by atoms with E-state index in [1.54, 1.807) is 12.1 Å². The highest BCUT2D eigenvalue weighted by Gasteiger charge is 2.34. The first-order valence-electron chi connectivity index (χ1n) is 10.3. The van der Waals surface area contributed by atoms with E-state index in [0.717, 1.165) is 5.56 Å². The number of ether oxygens (including phenoxy) is 1. The second-order valence-corrected chi connectivity index (χ2v) is 9.34. The largest absolute Gasteiger partial charge is 0.465 e. The molecule has 0 saturated carbocycles. The van der Waals surface area contributed by atoms with Crippen LogP contribution >= 0.6 is 0 Å². The SMILES string of the molecule is COC(=O)c1ccccc1S(=O)(=O)N1CCC(C(=O)Nc2nnc(-c3ccccc3)o2)CC1. The Balaban J connectivity index is 1.39. The zero-order chi connectivity index (χ0) is 23.4. The topological polar surface area (TPSA) is 132 Å². The minimum Gasteiger partial charge on any atom is -0.465 e. The number of anilines is 1. The molecule has 0 bridgehead atoms. The number of piperidine rings is 1. The molecule has 11 heteroatoms. The molecule has 1 aromatic heterocycles. The van der Waals surface area contributed by atoms with E-state index in [2.05, 4.69) is 15.5 Å². The second-order valence-electron chi connectivity index (χ2n) is 7.43. The summed E-state index contributed by atoms with van der Waals surface area (Å²) in [5, 5.41) is 10.4. The van der Waals surface area contributed by atoms with Crippen molar-refractivity contribution in [3.05, 3.63) is 60.2 Å². The molecule has 2 heterocycles. The van der Waals surface area contributed by atoms with Crippen molar-refractivity contribution in [3.63, 3.8) is 0 Å². The fourth-order valence-electron chi connectivity index (χ4n) is 3.65. The molecule has 0 unspecified atom stereocenters. The van der Waals surface area contributed by atoms with Gasteiger partial charge < -0.3 is 9.15 Å². The van der Waals surface area contributed by atoms with E-state index in [1.165, 1.54) is 23.5 Å². The van der Waals surface area contributed by atoms with E-state index in [1.807, 2.05) is 30.3 Å². The summed E-state index contributed by atoms with van der Waals surface area (Å²) in [6.45, 7) is 0.268. The number of methoxy groups -OCH3 is 1. The molecule has 172 valence electrons. The normalized spacial score (nSPS) is 15.2. The Kier molecular flexibility index (Phi) is 6.52. The van der Waals surface area contributed by atoms with Crippen LogP contribution in [-0.2, 0) is 19.6 Å². The Morgan fingerprint density at radius 2 is 1.70 bits per heavy atom. The van der Waals surface area contributed by atoms with Gasteiger partial charge in [0.2, 0.25) is 21.8 Å². The van der Waals surface area contributed by atoms with Crippen LogP contribution in [0.4, 0.5) is 6.01 Å². The first kappa shape index (κ1) is 22.6. The van der Waals surface area contributed by atoms with Gasteiger partial charge in [0.15, 0.2) is 0 Å².